The molecule has 0 aliphatic carbocycles. The maximum absolute atomic E-state index is 11.6. The van der Waals surface area contributed by atoms with Crippen LogP contribution in [0.1, 0.15) is 30.8 Å². The van der Waals surface area contributed by atoms with Gasteiger partial charge < -0.3 is 9.72 Å². The molecule has 1 fully saturated rings. The zero-order valence-corrected chi connectivity index (χ0v) is 11.4. The van der Waals surface area contributed by atoms with E-state index in [9.17, 15) is 4.79 Å². The summed E-state index contributed by atoms with van der Waals surface area (Å²) in [7, 11) is 0. The normalized spacial score (nSPS) is 21.0. The molecule has 0 saturated carbocycles. The van der Waals surface area contributed by atoms with Gasteiger partial charge in [-0.2, -0.15) is 0 Å². The molecule has 1 N–H and O–H groups in total. The van der Waals surface area contributed by atoms with Gasteiger partial charge in [-0.25, -0.2) is 4.98 Å². The van der Waals surface area contributed by atoms with E-state index in [2.05, 4.69) is 9.97 Å². The lowest BCUT2D eigenvalue weighted by Gasteiger charge is -2.22. The Morgan fingerprint density at radius 2 is 2.38 bits per heavy atom. The van der Waals surface area contributed by atoms with Crippen LogP contribution < -0.4 is 5.56 Å². The van der Waals surface area contributed by atoms with Crippen molar-refractivity contribution in [3.05, 3.63) is 25.4 Å². The average molecular weight is 334 g/mol. The Morgan fingerprint density at radius 3 is 3.00 bits per heavy atom. The first-order valence-corrected chi connectivity index (χ1v) is 6.61. The third-order valence-electron chi connectivity index (χ3n) is 2.77. The highest BCUT2D eigenvalue weighted by Crippen LogP contribution is 2.15. The number of nitrogens with one attached hydrogen (secondary N) is 1. The van der Waals surface area contributed by atoms with Gasteiger partial charge in [0.2, 0.25) is 0 Å². The number of hydrogen-bond acceptors (Lipinski definition) is 3. The van der Waals surface area contributed by atoms with Crippen molar-refractivity contribution < 1.29 is 4.74 Å². The lowest BCUT2D eigenvalue weighted by molar-refractivity contribution is 0.0156. The molecule has 1 aromatic heterocycles. The first-order chi connectivity index (χ1) is 7.66. The molecule has 5 heteroatoms. The second-order valence-corrected chi connectivity index (χ2v) is 5.18. The number of rotatable bonds is 2. The Labute approximate surface area is 108 Å². The van der Waals surface area contributed by atoms with Crippen LogP contribution in [0.5, 0.6) is 0 Å². The van der Waals surface area contributed by atoms with Crippen LogP contribution in [0.2, 0.25) is 0 Å². The second kappa shape index (κ2) is 5.27. The van der Waals surface area contributed by atoms with E-state index in [1.165, 1.54) is 6.42 Å². The smallest absolute Gasteiger partial charge is 0.264 e. The molecule has 88 valence electrons. The quantitative estimate of drug-likeness (QED) is 0.839. The van der Waals surface area contributed by atoms with Gasteiger partial charge in [0.15, 0.2) is 0 Å². The minimum atomic E-state index is -0.0427. The highest BCUT2D eigenvalue weighted by Gasteiger charge is 2.16. The number of nitrogens with zero attached hydrogens (tertiary/aromatic N) is 1. The number of halogens is 1. The van der Waals surface area contributed by atoms with Crippen molar-refractivity contribution in [3.63, 3.8) is 0 Å². The zero-order chi connectivity index (χ0) is 11.5. The van der Waals surface area contributed by atoms with Crippen LogP contribution in [0.25, 0.3) is 0 Å². The van der Waals surface area contributed by atoms with E-state index in [1.54, 1.807) is 0 Å². The highest BCUT2D eigenvalue weighted by atomic mass is 127. The third-order valence-corrected chi connectivity index (χ3v) is 4.04. The van der Waals surface area contributed by atoms with E-state index in [-0.39, 0.29) is 11.7 Å². The minimum absolute atomic E-state index is 0.0427. The predicted molar refractivity (Wildman–Crippen MR) is 69.6 cm³/mol. The van der Waals surface area contributed by atoms with Crippen LogP contribution in [0, 0.1) is 10.5 Å². The van der Waals surface area contributed by atoms with Crippen molar-refractivity contribution in [1.29, 1.82) is 0 Å². The standard InChI is InChI=1S/C11H15IN2O2/c1-7-10(12)11(15)14-9(13-7)6-8-4-2-3-5-16-8/h8H,2-6H2,1H3,(H,13,14,15). The Balaban J connectivity index is 2.12. The van der Waals surface area contributed by atoms with E-state index in [4.69, 9.17) is 4.74 Å². The van der Waals surface area contributed by atoms with Gasteiger partial charge in [0, 0.05) is 13.0 Å². The van der Waals surface area contributed by atoms with E-state index in [0.29, 0.717) is 9.99 Å². The summed E-state index contributed by atoms with van der Waals surface area (Å²) in [5.74, 6) is 0.745. The van der Waals surface area contributed by atoms with Crippen LogP contribution in [0.4, 0.5) is 0 Å². The SMILES string of the molecule is Cc1nc(CC2CCCCO2)[nH]c(=O)c1I. The molecule has 0 amide bonds. The van der Waals surface area contributed by atoms with Crippen LogP contribution in [0.15, 0.2) is 4.79 Å². The van der Waals surface area contributed by atoms with Crippen molar-refractivity contribution in [2.45, 2.75) is 38.7 Å². The molecule has 0 radical (unpaired) electrons. The highest BCUT2D eigenvalue weighted by molar-refractivity contribution is 14.1. The van der Waals surface area contributed by atoms with Crippen molar-refractivity contribution in [1.82, 2.24) is 9.97 Å². The lowest BCUT2D eigenvalue weighted by atomic mass is 10.1. The van der Waals surface area contributed by atoms with Gasteiger partial charge in [0.05, 0.1) is 15.4 Å². The number of H-pyrrole nitrogens is 1. The van der Waals surface area contributed by atoms with E-state index < -0.39 is 0 Å². The summed E-state index contributed by atoms with van der Waals surface area (Å²) in [5, 5.41) is 0. The minimum Gasteiger partial charge on any atom is -0.378 e. The third kappa shape index (κ3) is 2.82. The van der Waals surface area contributed by atoms with Gasteiger partial charge in [0.1, 0.15) is 5.82 Å². The molecule has 0 spiro atoms. The van der Waals surface area contributed by atoms with Gasteiger partial charge in [0.25, 0.3) is 5.56 Å². The van der Waals surface area contributed by atoms with Gasteiger partial charge in [-0.15, -0.1) is 0 Å². The molecule has 0 bridgehead atoms. The van der Waals surface area contributed by atoms with Crippen LogP contribution in [0.3, 0.4) is 0 Å². The number of ether oxygens (including phenoxy) is 1. The Morgan fingerprint density at radius 1 is 1.56 bits per heavy atom. The summed E-state index contributed by atoms with van der Waals surface area (Å²) in [6, 6.07) is 0. The maximum atomic E-state index is 11.6. The van der Waals surface area contributed by atoms with Crippen LogP contribution >= 0.6 is 22.6 Å². The summed E-state index contributed by atoms with van der Waals surface area (Å²) >= 11 is 2.02. The lowest BCUT2D eigenvalue weighted by Crippen LogP contribution is -2.25. The van der Waals surface area contributed by atoms with Crippen LogP contribution in [-0.2, 0) is 11.2 Å². The van der Waals surface area contributed by atoms with Crippen molar-refractivity contribution in [2.75, 3.05) is 6.61 Å². The largest absolute Gasteiger partial charge is 0.378 e. The van der Waals surface area contributed by atoms with Crippen molar-refractivity contribution in [3.8, 4) is 0 Å². The van der Waals surface area contributed by atoms with Gasteiger partial charge in [-0.05, 0) is 48.8 Å². The molecule has 4 nitrogen and oxygen atoms in total. The molecule has 1 aromatic rings. The molecular formula is C11H15IN2O2. The summed E-state index contributed by atoms with van der Waals surface area (Å²) < 4.78 is 6.30. The van der Waals surface area contributed by atoms with Crippen molar-refractivity contribution in [2.24, 2.45) is 0 Å². The molecule has 1 atom stereocenters. The fourth-order valence-corrected chi connectivity index (χ4v) is 2.17. The summed E-state index contributed by atoms with van der Waals surface area (Å²) in [5.41, 5.74) is 0.758. The first kappa shape index (κ1) is 12.0. The van der Waals surface area contributed by atoms with Crippen LogP contribution in [-0.4, -0.2) is 22.7 Å². The zero-order valence-electron chi connectivity index (χ0n) is 9.25. The Hall–Kier alpha value is -0.430. The number of hydrogen-bond donors (Lipinski definition) is 1. The molecule has 1 saturated heterocycles. The maximum Gasteiger partial charge on any atom is 0.264 e. The van der Waals surface area contributed by atoms with Gasteiger partial charge in [-0.1, -0.05) is 0 Å². The molecule has 2 rings (SSSR count). The molecule has 16 heavy (non-hydrogen) atoms. The fourth-order valence-electron chi connectivity index (χ4n) is 1.91. The molecule has 1 unspecified atom stereocenters. The fraction of sp³-hybridized carbons (Fsp3) is 0.636. The molecular weight excluding hydrogens is 319 g/mol. The topological polar surface area (TPSA) is 55.0 Å². The van der Waals surface area contributed by atoms with E-state index >= 15 is 0 Å². The van der Waals surface area contributed by atoms with Crippen molar-refractivity contribution >= 4 is 22.6 Å². The second-order valence-electron chi connectivity index (χ2n) is 4.10. The monoisotopic (exact) mass is 334 g/mol. The Kier molecular flexibility index (Phi) is 3.96. The number of aryl methyl sites for hydroxylation is 1. The van der Waals surface area contributed by atoms with Gasteiger partial charge in [-0.3, -0.25) is 4.79 Å². The summed E-state index contributed by atoms with van der Waals surface area (Å²) in [6.45, 7) is 2.69. The molecule has 1 aliphatic heterocycles. The first-order valence-electron chi connectivity index (χ1n) is 5.53. The van der Waals surface area contributed by atoms with Gasteiger partial charge >= 0.3 is 0 Å². The predicted octanol–water partition coefficient (Wildman–Crippen LogP) is 1.79. The molecule has 1 aliphatic rings. The molecule has 2 heterocycles. The number of aromatic nitrogens is 2. The van der Waals surface area contributed by atoms with E-state index in [0.717, 1.165) is 31.0 Å². The number of aromatic amines is 1. The average Bonchev–Trinajstić information content (AvgIpc) is 2.27. The Bertz CT molecular complexity index is 424. The summed E-state index contributed by atoms with van der Waals surface area (Å²) in [4.78, 5) is 18.8. The molecule has 0 aromatic carbocycles. The summed E-state index contributed by atoms with van der Waals surface area (Å²) in [6.07, 6.45) is 4.35. The van der Waals surface area contributed by atoms with E-state index in [1.807, 2.05) is 29.5 Å².